The van der Waals surface area contributed by atoms with Crippen LogP contribution >= 0.6 is 0 Å². The SMILES string of the molecule is CO[C@H]1CN(C)C(=O)c2ccc(NC(=O)Nc3ccccc3F)cc2OC[C@@H](C)N(Cc2ccccc2C(=O)O)C[C@@H]1C. The molecule has 228 valence electrons. The molecule has 0 saturated heterocycles. The number of rotatable bonds is 6. The molecule has 1 aliphatic heterocycles. The quantitative estimate of drug-likeness (QED) is 0.361. The monoisotopic (exact) mass is 592 g/mol. The number of nitrogens with zero attached hydrogens (tertiary/aromatic N) is 2. The second kappa shape index (κ2) is 14.1. The van der Waals surface area contributed by atoms with Crippen LogP contribution in [0.2, 0.25) is 0 Å². The second-order valence-corrected chi connectivity index (χ2v) is 10.8. The van der Waals surface area contributed by atoms with Gasteiger partial charge in [0.2, 0.25) is 0 Å². The lowest BCUT2D eigenvalue weighted by Gasteiger charge is -2.36. The lowest BCUT2D eigenvalue weighted by Crippen LogP contribution is -2.46. The fourth-order valence-corrected chi connectivity index (χ4v) is 5.08. The first kappa shape index (κ1) is 31.5. The third kappa shape index (κ3) is 7.88. The standard InChI is InChI=1S/C32H37FN4O6/c1-20-16-37(17-22-9-5-6-10-24(22)31(39)40)21(2)19-43-28-15-23(34-32(41)35-27-12-8-7-11-26(27)33)13-14-25(28)30(38)36(3)18-29(20)42-4/h5-15,20-21,29H,16-19H2,1-4H3,(H,39,40)(H2,34,35,41)/t20-,21+,29-/m0/s1. The normalized spacial score (nSPS) is 19.8. The van der Waals surface area contributed by atoms with E-state index in [4.69, 9.17) is 9.47 Å². The predicted octanol–water partition coefficient (Wildman–Crippen LogP) is 5.17. The molecule has 3 aromatic rings. The Balaban J connectivity index is 1.62. The van der Waals surface area contributed by atoms with Gasteiger partial charge in [-0.2, -0.15) is 0 Å². The zero-order chi connectivity index (χ0) is 31.1. The number of hydrogen-bond donors (Lipinski definition) is 3. The molecule has 3 amide bonds. The lowest BCUT2D eigenvalue weighted by molar-refractivity contribution is 0.00915. The van der Waals surface area contributed by atoms with E-state index in [0.717, 1.165) is 0 Å². The van der Waals surface area contributed by atoms with Gasteiger partial charge in [-0.3, -0.25) is 9.69 Å². The average Bonchev–Trinajstić information content (AvgIpc) is 2.98. The Morgan fingerprint density at radius 3 is 2.49 bits per heavy atom. The highest BCUT2D eigenvalue weighted by molar-refractivity contribution is 6.01. The predicted molar refractivity (Wildman–Crippen MR) is 161 cm³/mol. The number of likely N-dealkylation sites (N-methyl/N-ethyl adjacent to an activating group) is 1. The van der Waals surface area contributed by atoms with Gasteiger partial charge < -0.3 is 30.1 Å². The van der Waals surface area contributed by atoms with Crippen molar-refractivity contribution in [3.8, 4) is 5.75 Å². The molecule has 43 heavy (non-hydrogen) atoms. The fourth-order valence-electron chi connectivity index (χ4n) is 5.08. The zero-order valence-electron chi connectivity index (χ0n) is 24.7. The average molecular weight is 593 g/mol. The van der Waals surface area contributed by atoms with Crippen molar-refractivity contribution in [2.75, 3.05) is 44.5 Å². The number of anilines is 2. The van der Waals surface area contributed by atoms with Gasteiger partial charge in [-0.15, -0.1) is 0 Å². The van der Waals surface area contributed by atoms with Crippen molar-refractivity contribution in [2.45, 2.75) is 32.5 Å². The molecule has 3 atom stereocenters. The van der Waals surface area contributed by atoms with Crippen LogP contribution in [0.3, 0.4) is 0 Å². The lowest BCUT2D eigenvalue weighted by atomic mass is 10.00. The zero-order valence-corrected chi connectivity index (χ0v) is 24.7. The minimum Gasteiger partial charge on any atom is -0.491 e. The third-order valence-electron chi connectivity index (χ3n) is 7.58. The summed E-state index contributed by atoms with van der Waals surface area (Å²) in [4.78, 5) is 41.7. The summed E-state index contributed by atoms with van der Waals surface area (Å²) in [6.45, 7) is 5.43. The van der Waals surface area contributed by atoms with Gasteiger partial charge >= 0.3 is 12.0 Å². The maximum absolute atomic E-state index is 14.0. The third-order valence-corrected chi connectivity index (χ3v) is 7.58. The van der Waals surface area contributed by atoms with Crippen molar-refractivity contribution < 1.29 is 33.4 Å². The number of benzene rings is 3. The smallest absolute Gasteiger partial charge is 0.336 e. The highest BCUT2D eigenvalue weighted by Gasteiger charge is 2.29. The van der Waals surface area contributed by atoms with E-state index in [1.807, 2.05) is 19.9 Å². The second-order valence-electron chi connectivity index (χ2n) is 10.8. The molecule has 0 fully saturated rings. The Morgan fingerprint density at radius 2 is 1.77 bits per heavy atom. The number of carboxylic acid groups (broad SMARTS) is 1. The maximum Gasteiger partial charge on any atom is 0.336 e. The van der Waals surface area contributed by atoms with Crippen molar-refractivity contribution in [1.82, 2.24) is 9.80 Å². The van der Waals surface area contributed by atoms with Gasteiger partial charge in [0.15, 0.2) is 0 Å². The van der Waals surface area contributed by atoms with Crippen LogP contribution in [-0.2, 0) is 11.3 Å². The fraction of sp³-hybridized carbons (Fsp3) is 0.344. The number of methoxy groups -OCH3 is 1. The van der Waals surface area contributed by atoms with Crippen LogP contribution in [0.15, 0.2) is 66.7 Å². The van der Waals surface area contributed by atoms with Crippen LogP contribution in [0.4, 0.5) is 20.6 Å². The Hall–Kier alpha value is -4.48. The van der Waals surface area contributed by atoms with E-state index >= 15 is 0 Å². The van der Waals surface area contributed by atoms with Crippen molar-refractivity contribution >= 4 is 29.3 Å². The van der Waals surface area contributed by atoms with E-state index in [0.29, 0.717) is 36.4 Å². The molecule has 4 rings (SSSR count). The summed E-state index contributed by atoms with van der Waals surface area (Å²) in [6, 6.07) is 16.6. The van der Waals surface area contributed by atoms with Crippen molar-refractivity contribution in [3.05, 3.63) is 89.2 Å². The van der Waals surface area contributed by atoms with Crippen molar-refractivity contribution in [3.63, 3.8) is 0 Å². The van der Waals surface area contributed by atoms with Crippen molar-refractivity contribution in [1.29, 1.82) is 0 Å². The Kier molecular flexibility index (Phi) is 10.3. The first-order chi connectivity index (χ1) is 20.6. The number of amides is 3. The molecule has 0 aliphatic carbocycles. The Bertz CT molecular complexity index is 1470. The van der Waals surface area contributed by atoms with E-state index in [1.165, 1.54) is 18.2 Å². The number of halogens is 1. The minimum absolute atomic E-state index is 0.00173. The summed E-state index contributed by atoms with van der Waals surface area (Å²) < 4.78 is 26.0. The molecule has 10 nitrogen and oxygen atoms in total. The topological polar surface area (TPSA) is 120 Å². The molecule has 0 radical (unpaired) electrons. The van der Waals surface area contributed by atoms with E-state index in [-0.39, 0.29) is 47.6 Å². The first-order valence-corrected chi connectivity index (χ1v) is 14.0. The van der Waals surface area contributed by atoms with Gasteiger partial charge in [0.25, 0.3) is 5.91 Å². The number of carbonyl (C=O) groups is 3. The van der Waals surface area contributed by atoms with E-state index in [2.05, 4.69) is 15.5 Å². The molecular formula is C32H37FN4O6. The first-order valence-electron chi connectivity index (χ1n) is 14.0. The molecule has 11 heteroatoms. The molecule has 0 saturated carbocycles. The molecule has 0 spiro atoms. The number of aromatic carboxylic acids is 1. The number of ether oxygens (including phenoxy) is 2. The number of carboxylic acids is 1. The minimum atomic E-state index is -0.996. The van der Waals surface area contributed by atoms with Gasteiger partial charge in [0.1, 0.15) is 18.2 Å². The molecule has 0 bridgehead atoms. The number of hydrogen-bond acceptors (Lipinski definition) is 6. The van der Waals surface area contributed by atoms with Crippen LogP contribution in [-0.4, -0.2) is 78.8 Å². The molecule has 0 unspecified atom stereocenters. The van der Waals surface area contributed by atoms with Gasteiger partial charge in [0, 0.05) is 51.6 Å². The van der Waals surface area contributed by atoms with E-state index in [1.54, 1.807) is 61.5 Å². The number of fused-ring (bicyclic) bond motifs is 1. The Morgan fingerprint density at radius 1 is 1.05 bits per heavy atom. The van der Waals surface area contributed by atoms with E-state index in [9.17, 15) is 23.9 Å². The van der Waals surface area contributed by atoms with Crippen molar-refractivity contribution in [2.24, 2.45) is 5.92 Å². The molecule has 1 heterocycles. The van der Waals surface area contributed by atoms with E-state index < -0.39 is 17.8 Å². The summed E-state index contributed by atoms with van der Waals surface area (Å²) in [5, 5.41) is 14.9. The molecule has 3 N–H and O–H groups in total. The molecular weight excluding hydrogens is 555 g/mol. The van der Waals surface area contributed by atoms with Gasteiger partial charge in [-0.25, -0.2) is 14.0 Å². The van der Waals surface area contributed by atoms with Crippen LogP contribution in [0.5, 0.6) is 5.75 Å². The summed E-state index contributed by atoms with van der Waals surface area (Å²) in [6.07, 6.45) is -0.287. The van der Waals surface area contributed by atoms with Crippen LogP contribution < -0.4 is 15.4 Å². The number of carbonyl (C=O) groups excluding carboxylic acids is 2. The summed E-state index contributed by atoms with van der Waals surface area (Å²) in [5.41, 5.74) is 1.59. The summed E-state index contributed by atoms with van der Waals surface area (Å²) >= 11 is 0. The van der Waals surface area contributed by atoms with Gasteiger partial charge in [-0.05, 0) is 48.7 Å². The number of urea groups is 1. The number of para-hydroxylation sites is 1. The summed E-state index contributed by atoms with van der Waals surface area (Å²) in [5.74, 6) is -1.57. The summed E-state index contributed by atoms with van der Waals surface area (Å²) in [7, 11) is 3.30. The van der Waals surface area contributed by atoms with Crippen LogP contribution in [0.25, 0.3) is 0 Å². The number of nitrogens with one attached hydrogen (secondary N) is 2. The molecule has 1 aliphatic rings. The largest absolute Gasteiger partial charge is 0.491 e. The molecule has 0 aromatic heterocycles. The highest BCUT2D eigenvalue weighted by atomic mass is 19.1. The maximum atomic E-state index is 14.0. The van der Waals surface area contributed by atoms with Crippen LogP contribution in [0, 0.1) is 11.7 Å². The van der Waals surface area contributed by atoms with Gasteiger partial charge in [0.05, 0.1) is 22.9 Å². The Labute approximate surface area is 250 Å². The highest BCUT2D eigenvalue weighted by Crippen LogP contribution is 2.28. The molecule has 3 aromatic carbocycles. The van der Waals surface area contributed by atoms with Gasteiger partial charge in [-0.1, -0.05) is 37.3 Å². The van der Waals surface area contributed by atoms with Crippen LogP contribution in [0.1, 0.15) is 40.1 Å².